The summed E-state index contributed by atoms with van der Waals surface area (Å²) < 4.78 is 5.56. The average Bonchev–Trinajstić information content (AvgIpc) is 3.26. The molecule has 0 N–H and O–H groups in total. The van der Waals surface area contributed by atoms with E-state index in [4.69, 9.17) is 16.1 Å². The van der Waals surface area contributed by atoms with Gasteiger partial charge in [-0.15, -0.1) is 0 Å². The van der Waals surface area contributed by atoms with Crippen molar-refractivity contribution >= 4 is 23.4 Å². The Hall–Kier alpha value is -2.41. The number of benzene rings is 1. The fraction of sp³-hybridized carbons (Fsp3) is 0.565. The molecule has 1 aromatic heterocycles. The zero-order valence-corrected chi connectivity index (χ0v) is 19.3. The predicted molar refractivity (Wildman–Crippen MR) is 119 cm³/mol. The van der Waals surface area contributed by atoms with Crippen LogP contribution >= 0.6 is 11.6 Å². The summed E-state index contributed by atoms with van der Waals surface area (Å²) in [7, 11) is 0. The minimum Gasteiger partial charge on any atom is -0.337 e. The van der Waals surface area contributed by atoms with Gasteiger partial charge in [0.25, 0.3) is 0 Å². The molecule has 0 spiro atoms. The van der Waals surface area contributed by atoms with Gasteiger partial charge in [-0.05, 0) is 37.8 Å². The van der Waals surface area contributed by atoms with E-state index < -0.39 is 0 Å². The van der Waals surface area contributed by atoms with E-state index in [-0.39, 0.29) is 30.3 Å². The Labute approximate surface area is 188 Å². The van der Waals surface area contributed by atoms with Crippen molar-refractivity contribution in [1.82, 2.24) is 19.9 Å². The number of likely N-dealkylation sites (tertiary alicyclic amines) is 1. The van der Waals surface area contributed by atoms with Gasteiger partial charge in [-0.2, -0.15) is 4.98 Å². The Morgan fingerprint density at radius 2 is 2.13 bits per heavy atom. The molecule has 2 heterocycles. The highest BCUT2D eigenvalue weighted by atomic mass is 35.5. The van der Waals surface area contributed by atoms with Crippen LogP contribution in [0.4, 0.5) is 0 Å². The third-order valence-electron chi connectivity index (χ3n) is 5.55. The first kappa shape index (κ1) is 23.3. The van der Waals surface area contributed by atoms with Crippen molar-refractivity contribution in [2.45, 2.75) is 58.9 Å². The molecular weight excluding hydrogens is 416 g/mol. The summed E-state index contributed by atoms with van der Waals surface area (Å²) in [6, 6.07) is 7.00. The summed E-state index contributed by atoms with van der Waals surface area (Å²) in [5, 5.41) is 4.70. The number of halogens is 1. The topological polar surface area (TPSA) is 79.5 Å². The van der Waals surface area contributed by atoms with Crippen LogP contribution in [0, 0.1) is 5.92 Å². The summed E-state index contributed by atoms with van der Waals surface area (Å²) in [5.74, 6) is 0.681. The van der Waals surface area contributed by atoms with Gasteiger partial charge < -0.3 is 14.3 Å². The van der Waals surface area contributed by atoms with Crippen LogP contribution in [0.1, 0.15) is 64.8 Å². The smallest absolute Gasteiger partial charge is 0.249 e. The van der Waals surface area contributed by atoms with Gasteiger partial charge in [0.15, 0.2) is 0 Å². The lowest BCUT2D eigenvalue weighted by atomic mass is 10.0. The zero-order chi connectivity index (χ0) is 22.4. The number of hydrogen-bond acceptors (Lipinski definition) is 5. The van der Waals surface area contributed by atoms with Crippen molar-refractivity contribution in [2.75, 3.05) is 19.6 Å². The van der Waals surface area contributed by atoms with E-state index in [0.29, 0.717) is 29.8 Å². The molecule has 1 aromatic carbocycles. The van der Waals surface area contributed by atoms with Crippen molar-refractivity contribution in [3.05, 3.63) is 35.2 Å². The van der Waals surface area contributed by atoms with Crippen molar-refractivity contribution in [3.8, 4) is 11.4 Å². The van der Waals surface area contributed by atoms with Gasteiger partial charge in [-0.25, -0.2) is 0 Å². The molecular formula is C23H31ClN4O3. The summed E-state index contributed by atoms with van der Waals surface area (Å²) in [5.41, 5.74) is 0.768. The number of hydrogen-bond donors (Lipinski definition) is 0. The van der Waals surface area contributed by atoms with Crippen LogP contribution in [0.5, 0.6) is 0 Å². The molecule has 2 aromatic rings. The van der Waals surface area contributed by atoms with Gasteiger partial charge in [0.1, 0.15) is 6.04 Å². The molecule has 0 aliphatic carbocycles. The van der Waals surface area contributed by atoms with Crippen LogP contribution in [0.25, 0.3) is 11.4 Å². The van der Waals surface area contributed by atoms with Crippen LogP contribution in [-0.2, 0) is 9.59 Å². The molecule has 0 bridgehead atoms. The van der Waals surface area contributed by atoms with E-state index in [9.17, 15) is 9.59 Å². The number of unbranched alkanes of at least 4 members (excludes halogenated alkanes) is 1. The van der Waals surface area contributed by atoms with Gasteiger partial charge in [0, 0.05) is 29.6 Å². The molecule has 2 amide bonds. The second-order valence-corrected chi connectivity index (χ2v) is 8.77. The number of amides is 2. The van der Waals surface area contributed by atoms with Gasteiger partial charge in [-0.3, -0.25) is 9.59 Å². The lowest BCUT2D eigenvalue weighted by Gasteiger charge is -2.35. The van der Waals surface area contributed by atoms with Gasteiger partial charge >= 0.3 is 0 Å². The molecule has 1 aliphatic rings. The molecule has 1 unspecified atom stereocenters. The minimum atomic E-state index is -0.274. The Kier molecular flexibility index (Phi) is 8.07. The highest BCUT2D eigenvalue weighted by Gasteiger charge is 2.33. The Balaban J connectivity index is 1.77. The maximum Gasteiger partial charge on any atom is 0.249 e. The van der Waals surface area contributed by atoms with Crippen LogP contribution in [0.3, 0.4) is 0 Å². The maximum absolute atomic E-state index is 13.2. The Morgan fingerprint density at radius 1 is 1.32 bits per heavy atom. The first-order valence-electron chi connectivity index (χ1n) is 11.1. The number of piperidine rings is 1. The lowest BCUT2D eigenvalue weighted by molar-refractivity contribution is -0.144. The molecule has 1 atom stereocenters. The van der Waals surface area contributed by atoms with Crippen molar-refractivity contribution < 1.29 is 14.1 Å². The van der Waals surface area contributed by atoms with Crippen molar-refractivity contribution in [3.63, 3.8) is 0 Å². The molecule has 1 fully saturated rings. The second kappa shape index (κ2) is 10.8. The van der Waals surface area contributed by atoms with Crippen molar-refractivity contribution in [2.24, 2.45) is 5.92 Å². The summed E-state index contributed by atoms with van der Waals surface area (Å²) in [6.45, 7) is 7.11. The van der Waals surface area contributed by atoms with E-state index in [1.54, 1.807) is 21.9 Å². The minimum absolute atomic E-state index is 0.0105. The fourth-order valence-corrected chi connectivity index (χ4v) is 4.03. The van der Waals surface area contributed by atoms with Crippen LogP contribution < -0.4 is 0 Å². The quantitative estimate of drug-likeness (QED) is 0.585. The first-order chi connectivity index (χ1) is 14.9. The third-order valence-corrected chi connectivity index (χ3v) is 5.78. The average molecular weight is 447 g/mol. The van der Waals surface area contributed by atoms with E-state index in [1.807, 2.05) is 26.0 Å². The number of carbonyl (C=O) groups is 2. The standard InChI is InChI=1S/C23H31ClN4O3/c1-4-5-12-27(23(30)16(2)3)15-20(29)28-13-7-6-11-19(28)22-25-21(26-31-22)17-9-8-10-18(24)14-17/h8-10,14,16,19H,4-7,11-13,15H2,1-3H3. The first-order valence-corrected chi connectivity index (χ1v) is 11.5. The number of carbonyl (C=O) groups excluding carboxylic acids is 2. The van der Waals surface area contributed by atoms with E-state index in [1.165, 1.54) is 0 Å². The number of rotatable bonds is 8. The maximum atomic E-state index is 13.2. The van der Waals surface area contributed by atoms with Gasteiger partial charge in [-0.1, -0.05) is 56.1 Å². The molecule has 7 nitrogen and oxygen atoms in total. The number of aromatic nitrogens is 2. The molecule has 168 valence electrons. The van der Waals surface area contributed by atoms with E-state index in [0.717, 1.165) is 37.7 Å². The summed E-state index contributed by atoms with van der Waals surface area (Å²) in [4.78, 5) is 33.9. The largest absolute Gasteiger partial charge is 0.337 e. The normalized spacial score (nSPS) is 16.5. The summed E-state index contributed by atoms with van der Waals surface area (Å²) in [6.07, 6.45) is 4.51. The molecule has 1 saturated heterocycles. The van der Waals surface area contributed by atoms with Crippen LogP contribution in [0.2, 0.25) is 5.02 Å². The van der Waals surface area contributed by atoms with E-state index in [2.05, 4.69) is 17.1 Å². The molecule has 8 heteroatoms. The van der Waals surface area contributed by atoms with Gasteiger partial charge in [0.2, 0.25) is 23.5 Å². The molecule has 0 saturated carbocycles. The monoisotopic (exact) mass is 446 g/mol. The molecule has 3 rings (SSSR count). The highest BCUT2D eigenvalue weighted by Crippen LogP contribution is 2.31. The predicted octanol–water partition coefficient (Wildman–Crippen LogP) is 4.73. The van der Waals surface area contributed by atoms with Crippen molar-refractivity contribution in [1.29, 1.82) is 0 Å². The fourth-order valence-electron chi connectivity index (χ4n) is 3.84. The van der Waals surface area contributed by atoms with E-state index >= 15 is 0 Å². The molecule has 0 radical (unpaired) electrons. The molecule has 1 aliphatic heterocycles. The third kappa shape index (κ3) is 5.85. The lowest BCUT2D eigenvalue weighted by Crippen LogP contribution is -2.47. The van der Waals surface area contributed by atoms with Gasteiger partial charge in [0.05, 0.1) is 6.54 Å². The Bertz CT molecular complexity index is 898. The second-order valence-electron chi connectivity index (χ2n) is 8.33. The highest BCUT2D eigenvalue weighted by molar-refractivity contribution is 6.30. The van der Waals surface area contributed by atoms with Crippen LogP contribution in [0.15, 0.2) is 28.8 Å². The zero-order valence-electron chi connectivity index (χ0n) is 18.5. The van der Waals surface area contributed by atoms with Crippen LogP contribution in [-0.4, -0.2) is 51.4 Å². The Morgan fingerprint density at radius 3 is 2.84 bits per heavy atom. The molecule has 31 heavy (non-hydrogen) atoms. The SMILES string of the molecule is CCCCN(CC(=O)N1CCCCC1c1nc(-c2cccc(Cl)c2)no1)C(=O)C(C)C. The summed E-state index contributed by atoms with van der Waals surface area (Å²) >= 11 is 6.08. The number of nitrogens with zero attached hydrogens (tertiary/aromatic N) is 4.